The fourth-order valence-electron chi connectivity index (χ4n) is 4.74. The predicted octanol–water partition coefficient (Wildman–Crippen LogP) is 8.81. The normalized spacial score (nSPS) is 11.7. The molecule has 0 N–H and O–H groups in total. The van der Waals surface area contributed by atoms with E-state index in [0.717, 1.165) is 12.8 Å². The number of benzene rings is 3. The van der Waals surface area contributed by atoms with E-state index >= 15 is 0 Å². The lowest BCUT2D eigenvalue weighted by atomic mass is 10.1. The average molecular weight is 632 g/mol. The number of ether oxygens (including phenoxy) is 3. The first-order valence-corrected chi connectivity index (χ1v) is 14.7. The van der Waals surface area contributed by atoms with Gasteiger partial charge in [-0.1, -0.05) is 25.4 Å². The Labute approximate surface area is 258 Å². The standard InChI is InChI=1S/C33H33ClF3NO6/c1-5-16-38(17-6-2)19-25-27(43-32(40)21-8-10-22(11-9-21)41-7-3)15-13-24-28(39)30(31(33(35,36)37)44-29(24)25)42-23-12-14-26(34)20(4)18-23/h8-15,18H,5-7,16-17,19H2,1-4H3. The number of carbonyl (C=O) groups excluding carboxylic acids is 1. The summed E-state index contributed by atoms with van der Waals surface area (Å²) in [6.07, 6.45) is -3.55. The van der Waals surface area contributed by atoms with Gasteiger partial charge in [0.15, 0.2) is 0 Å². The van der Waals surface area contributed by atoms with Crippen molar-refractivity contribution in [2.24, 2.45) is 0 Å². The largest absolute Gasteiger partial charge is 0.494 e. The van der Waals surface area contributed by atoms with Crippen molar-refractivity contribution in [1.29, 1.82) is 0 Å². The molecule has 0 aliphatic rings. The Kier molecular flexibility index (Phi) is 10.6. The topological polar surface area (TPSA) is 78.2 Å². The summed E-state index contributed by atoms with van der Waals surface area (Å²) in [5.74, 6) is -2.80. The molecule has 0 unspecified atom stereocenters. The van der Waals surface area contributed by atoms with E-state index in [2.05, 4.69) is 0 Å². The predicted molar refractivity (Wildman–Crippen MR) is 162 cm³/mol. The lowest BCUT2D eigenvalue weighted by Gasteiger charge is -2.23. The van der Waals surface area contributed by atoms with Crippen LogP contribution in [-0.4, -0.2) is 30.6 Å². The number of rotatable bonds is 12. The molecule has 1 heterocycles. The molecule has 4 aromatic rings. The molecule has 3 aromatic carbocycles. The van der Waals surface area contributed by atoms with Crippen molar-refractivity contribution < 1.29 is 36.6 Å². The van der Waals surface area contributed by atoms with Gasteiger partial charge in [0.1, 0.15) is 22.8 Å². The molecule has 4 rings (SSSR count). The Morgan fingerprint density at radius 2 is 1.61 bits per heavy atom. The number of fused-ring (bicyclic) bond motifs is 1. The zero-order chi connectivity index (χ0) is 32.0. The van der Waals surface area contributed by atoms with Gasteiger partial charge in [-0.3, -0.25) is 9.69 Å². The summed E-state index contributed by atoms with van der Waals surface area (Å²) in [7, 11) is 0. The second kappa shape index (κ2) is 14.2. The molecular weight excluding hydrogens is 599 g/mol. The van der Waals surface area contributed by atoms with Gasteiger partial charge < -0.3 is 18.6 Å². The number of alkyl halides is 3. The molecule has 0 spiro atoms. The number of hydrogen-bond acceptors (Lipinski definition) is 7. The average Bonchev–Trinajstić information content (AvgIpc) is 2.97. The van der Waals surface area contributed by atoms with Gasteiger partial charge in [-0.2, -0.15) is 13.2 Å². The van der Waals surface area contributed by atoms with Gasteiger partial charge in [-0.15, -0.1) is 0 Å². The van der Waals surface area contributed by atoms with Crippen LogP contribution in [0.1, 0.15) is 60.9 Å². The zero-order valence-corrected chi connectivity index (χ0v) is 25.6. The van der Waals surface area contributed by atoms with E-state index in [-0.39, 0.29) is 40.1 Å². The second-order valence-corrected chi connectivity index (χ2v) is 10.5. The van der Waals surface area contributed by atoms with Gasteiger partial charge in [0.25, 0.3) is 5.76 Å². The van der Waals surface area contributed by atoms with E-state index in [1.54, 1.807) is 19.1 Å². The molecular formula is C33H33ClF3NO6. The highest BCUT2D eigenvalue weighted by molar-refractivity contribution is 6.31. The van der Waals surface area contributed by atoms with Crippen molar-refractivity contribution in [3.8, 4) is 23.0 Å². The van der Waals surface area contributed by atoms with Crippen LogP contribution < -0.4 is 19.6 Å². The lowest BCUT2D eigenvalue weighted by Crippen LogP contribution is -2.26. The first-order valence-electron chi connectivity index (χ1n) is 14.3. The molecule has 0 saturated carbocycles. The Balaban J connectivity index is 1.88. The molecule has 0 aliphatic heterocycles. The fraction of sp³-hybridized carbons (Fsp3) is 0.333. The SMILES string of the molecule is CCCN(CCC)Cc1c(OC(=O)c2ccc(OCC)cc2)ccc2c(=O)c(Oc3ccc(Cl)c(C)c3)c(C(F)(F)F)oc12. The maximum Gasteiger partial charge on any atom is 0.453 e. The maximum absolute atomic E-state index is 14.4. The molecule has 0 atom stereocenters. The van der Waals surface area contributed by atoms with E-state index in [0.29, 0.717) is 36.0 Å². The molecule has 1 aromatic heterocycles. The van der Waals surface area contributed by atoms with E-state index in [9.17, 15) is 22.8 Å². The Hall–Kier alpha value is -4.02. The van der Waals surface area contributed by atoms with E-state index < -0.39 is 29.1 Å². The van der Waals surface area contributed by atoms with E-state index in [1.165, 1.54) is 42.5 Å². The molecule has 0 aliphatic carbocycles. The summed E-state index contributed by atoms with van der Waals surface area (Å²) in [6, 6.07) is 13.2. The fourth-order valence-corrected chi connectivity index (χ4v) is 4.86. The quantitative estimate of drug-likeness (QED) is 0.114. The van der Waals surface area contributed by atoms with Gasteiger partial charge in [0, 0.05) is 11.6 Å². The summed E-state index contributed by atoms with van der Waals surface area (Å²) in [5, 5.41) is 0.238. The first-order chi connectivity index (χ1) is 21.0. The van der Waals surface area contributed by atoms with Crippen LogP contribution in [0.5, 0.6) is 23.0 Å². The number of hydrogen-bond donors (Lipinski definition) is 0. The van der Waals surface area contributed by atoms with Crippen LogP contribution >= 0.6 is 11.6 Å². The molecule has 7 nitrogen and oxygen atoms in total. The van der Waals surface area contributed by atoms with E-state index in [4.69, 9.17) is 30.2 Å². The van der Waals surface area contributed by atoms with Crippen LogP contribution in [-0.2, 0) is 12.7 Å². The van der Waals surface area contributed by atoms with Crippen molar-refractivity contribution >= 4 is 28.5 Å². The highest BCUT2D eigenvalue weighted by Gasteiger charge is 2.41. The summed E-state index contributed by atoms with van der Waals surface area (Å²) >= 11 is 6.05. The Morgan fingerprint density at radius 3 is 2.20 bits per heavy atom. The molecule has 0 saturated heterocycles. The molecule has 0 amide bonds. The highest BCUT2D eigenvalue weighted by atomic mass is 35.5. The van der Waals surface area contributed by atoms with Crippen LogP contribution in [0.15, 0.2) is 63.8 Å². The molecule has 0 bridgehead atoms. The number of nitrogens with zero attached hydrogens (tertiary/aromatic N) is 1. The number of carbonyl (C=O) groups is 1. The number of halogens is 4. The first kappa shape index (κ1) is 32.9. The van der Waals surface area contributed by atoms with Crippen LogP contribution in [0.25, 0.3) is 11.0 Å². The minimum absolute atomic E-state index is 0.0118. The van der Waals surface area contributed by atoms with Crippen molar-refractivity contribution in [3.05, 3.63) is 92.3 Å². The molecule has 0 fully saturated rings. The third-order valence-electron chi connectivity index (χ3n) is 6.75. The second-order valence-electron chi connectivity index (χ2n) is 10.1. The van der Waals surface area contributed by atoms with Gasteiger partial charge in [-0.25, -0.2) is 4.79 Å². The molecule has 11 heteroatoms. The lowest BCUT2D eigenvalue weighted by molar-refractivity contribution is -0.154. The number of aryl methyl sites for hydroxylation is 1. The summed E-state index contributed by atoms with van der Waals surface area (Å²) in [5.41, 5.74) is -0.459. The van der Waals surface area contributed by atoms with Gasteiger partial charge in [0.2, 0.25) is 11.2 Å². The van der Waals surface area contributed by atoms with Gasteiger partial charge >= 0.3 is 12.1 Å². The van der Waals surface area contributed by atoms with E-state index in [1.807, 2.05) is 25.7 Å². The van der Waals surface area contributed by atoms with Crippen LogP contribution in [0.3, 0.4) is 0 Å². The smallest absolute Gasteiger partial charge is 0.453 e. The van der Waals surface area contributed by atoms with Crippen LogP contribution in [0.4, 0.5) is 13.2 Å². The maximum atomic E-state index is 14.4. The highest BCUT2D eigenvalue weighted by Crippen LogP contribution is 2.41. The third kappa shape index (κ3) is 7.54. The van der Waals surface area contributed by atoms with Crippen LogP contribution in [0.2, 0.25) is 5.02 Å². The van der Waals surface area contributed by atoms with Gasteiger partial charge in [0.05, 0.1) is 23.1 Å². The van der Waals surface area contributed by atoms with Crippen molar-refractivity contribution in [2.75, 3.05) is 19.7 Å². The summed E-state index contributed by atoms with van der Waals surface area (Å²) in [4.78, 5) is 28.8. The van der Waals surface area contributed by atoms with Crippen molar-refractivity contribution in [2.45, 2.75) is 53.3 Å². The Bertz CT molecular complexity index is 1680. The molecule has 234 valence electrons. The van der Waals surface area contributed by atoms with Crippen molar-refractivity contribution in [1.82, 2.24) is 4.90 Å². The molecule has 0 radical (unpaired) electrons. The third-order valence-corrected chi connectivity index (χ3v) is 7.17. The zero-order valence-electron chi connectivity index (χ0n) is 24.8. The Morgan fingerprint density at radius 1 is 0.955 bits per heavy atom. The summed E-state index contributed by atoms with van der Waals surface area (Å²) in [6.45, 7) is 9.19. The number of esters is 1. The van der Waals surface area contributed by atoms with Crippen molar-refractivity contribution in [3.63, 3.8) is 0 Å². The molecule has 44 heavy (non-hydrogen) atoms. The van der Waals surface area contributed by atoms with Crippen LogP contribution in [0, 0.1) is 6.92 Å². The minimum Gasteiger partial charge on any atom is -0.494 e. The minimum atomic E-state index is -5.08. The monoisotopic (exact) mass is 631 g/mol. The summed E-state index contributed by atoms with van der Waals surface area (Å²) < 4.78 is 65.4. The van der Waals surface area contributed by atoms with Gasteiger partial charge in [-0.05, 0) is 99.9 Å².